The molecule has 8 nitrogen and oxygen atoms in total. The van der Waals surface area contributed by atoms with Gasteiger partial charge < -0.3 is 21.3 Å². The third-order valence-corrected chi connectivity index (χ3v) is 4.05. The number of aliphatic hydroxyl groups excluding tert-OH is 1. The molecule has 1 fully saturated rings. The Bertz CT molecular complexity index is 734. The highest BCUT2D eigenvalue weighted by Gasteiger charge is 2.44. The molecule has 22 heavy (non-hydrogen) atoms. The fraction of sp³-hybridized carbons (Fsp3) is 0.462. The number of halogens is 1. The van der Waals surface area contributed by atoms with Gasteiger partial charge in [-0.05, 0) is 6.07 Å². The highest BCUT2D eigenvalue weighted by Crippen LogP contribution is 2.40. The molecule has 4 atom stereocenters. The molecule has 1 amide bonds. The first kappa shape index (κ1) is 14.7. The van der Waals surface area contributed by atoms with Crippen LogP contribution in [0.25, 0.3) is 5.52 Å². The molecule has 1 aliphatic heterocycles. The summed E-state index contributed by atoms with van der Waals surface area (Å²) in [6.07, 6.45) is -1.75. The molecular weight excluding hydrogens is 293 g/mol. The van der Waals surface area contributed by atoms with Crippen molar-refractivity contribution in [2.24, 2.45) is 11.7 Å². The second-order valence-corrected chi connectivity index (χ2v) is 5.33. The Balaban J connectivity index is 2.16. The molecule has 0 aromatic carbocycles. The van der Waals surface area contributed by atoms with E-state index in [1.807, 2.05) is 0 Å². The average Bonchev–Trinajstić information content (AvgIpc) is 3.00. The zero-order valence-electron chi connectivity index (χ0n) is 11.8. The van der Waals surface area contributed by atoms with Gasteiger partial charge in [0.05, 0.1) is 24.0 Å². The first-order chi connectivity index (χ1) is 10.5. The number of anilines is 1. The third-order valence-electron chi connectivity index (χ3n) is 4.05. The molecule has 9 heteroatoms. The second-order valence-electron chi connectivity index (χ2n) is 5.33. The van der Waals surface area contributed by atoms with Crippen LogP contribution in [0, 0.1) is 5.92 Å². The summed E-state index contributed by atoms with van der Waals surface area (Å²) in [5.41, 5.74) is 11.7. The first-order valence-corrected chi connectivity index (χ1v) is 6.78. The molecule has 0 saturated carbocycles. The summed E-state index contributed by atoms with van der Waals surface area (Å²) in [4.78, 5) is 15.4. The Hall–Kier alpha value is -2.26. The maximum Gasteiger partial charge on any atom is 0.251 e. The van der Waals surface area contributed by atoms with E-state index in [9.17, 15) is 14.3 Å². The van der Waals surface area contributed by atoms with E-state index in [1.165, 1.54) is 16.9 Å². The lowest BCUT2D eigenvalue weighted by molar-refractivity contribution is -0.00712. The average molecular weight is 309 g/mol. The highest BCUT2D eigenvalue weighted by molar-refractivity contribution is 6.02. The van der Waals surface area contributed by atoms with Crippen LogP contribution in [0.1, 0.15) is 29.1 Å². The number of carbonyl (C=O) groups is 1. The number of ether oxygens (including phenoxy) is 1. The molecule has 118 valence electrons. The number of hydrogen-bond acceptors (Lipinski definition) is 6. The summed E-state index contributed by atoms with van der Waals surface area (Å²) in [5.74, 6) is -1.14. The topological polar surface area (TPSA) is 129 Å². The van der Waals surface area contributed by atoms with Gasteiger partial charge in [0.15, 0.2) is 5.82 Å². The number of hydrogen-bond donors (Lipinski definition) is 3. The number of carbonyl (C=O) groups excluding carboxylic acids is 1. The molecule has 0 aliphatic carbocycles. The largest absolute Gasteiger partial charge is 0.394 e. The maximum absolute atomic E-state index is 14.5. The van der Waals surface area contributed by atoms with Crippen LogP contribution in [-0.2, 0) is 4.74 Å². The van der Waals surface area contributed by atoms with Crippen molar-refractivity contribution >= 4 is 17.2 Å². The van der Waals surface area contributed by atoms with E-state index in [-0.39, 0.29) is 23.5 Å². The third kappa shape index (κ3) is 2.01. The number of alkyl halides is 1. The van der Waals surface area contributed by atoms with Crippen LogP contribution < -0.4 is 11.5 Å². The number of rotatable bonds is 3. The zero-order valence-corrected chi connectivity index (χ0v) is 11.8. The Labute approximate surface area is 124 Å². The smallest absolute Gasteiger partial charge is 0.251 e. The van der Waals surface area contributed by atoms with Crippen molar-refractivity contribution < 1.29 is 19.0 Å². The number of nitrogens with two attached hydrogens (primary N) is 2. The van der Waals surface area contributed by atoms with E-state index in [2.05, 4.69) is 10.1 Å². The van der Waals surface area contributed by atoms with Crippen molar-refractivity contribution in [1.82, 2.24) is 14.6 Å². The van der Waals surface area contributed by atoms with Gasteiger partial charge in [-0.1, -0.05) is 6.92 Å². The minimum Gasteiger partial charge on any atom is -0.394 e. The second kappa shape index (κ2) is 5.18. The molecule has 0 bridgehead atoms. The van der Waals surface area contributed by atoms with Crippen LogP contribution in [0.2, 0.25) is 0 Å². The summed E-state index contributed by atoms with van der Waals surface area (Å²) in [5, 5.41) is 13.3. The molecule has 1 aliphatic rings. The van der Waals surface area contributed by atoms with Gasteiger partial charge in [0.1, 0.15) is 24.1 Å². The summed E-state index contributed by atoms with van der Waals surface area (Å²) in [7, 11) is 0. The van der Waals surface area contributed by atoms with Crippen molar-refractivity contribution in [1.29, 1.82) is 0 Å². The molecule has 5 N–H and O–H groups in total. The number of fused-ring (bicyclic) bond motifs is 1. The molecule has 3 heterocycles. The monoisotopic (exact) mass is 309 g/mol. The fourth-order valence-electron chi connectivity index (χ4n) is 2.79. The van der Waals surface area contributed by atoms with Crippen LogP contribution in [0.3, 0.4) is 0 Å². The number of aromatic nitrogens is 3. The molecule has 0 spiro atoms. The van der Waals surface area contributed by atoms with E-state index < -0.39 is 30.2 Å². The quantitative estimate of drug-likeness (QED) is 0.721. The van der Waals surface area contributed by atoms with Crippen LogP contribution in [0.15, 0.2) is 12.4 Å². The predicted octanol–water partition coefficient (Wildman–Crippen LogP) is -0.183. The standard InChI is InChI=1S/C13H16FN5O3/c1-5-8(3-20)22-11(9(5)14)7-2-6(13(16)21)10-12(15)17-4-18-19(7)10/h2,4-5,8-9,11,20H,3H2,1H3,(H2,16,21)(H2,15,17,18)/t5-,8-,9+,11+/m1/s1. The van der Waals surface area contributed by atoms with Gasteiger partial charge in [-0.25, -0.2) is 13.9 Å². The lowest BCUT2D eigenvalue weighted by Crippen LogP contribution is -2.21. The summed E-state index contributed by atoms with van der Waals surface area (Å²) in [6.45, 7) is 1.36. The number of amides is 1. The Morgan fingerprint density at radius 3 is 2.91 bits per heavy atom. The van der Waals surface area contributed by atoms with Crippen molar-refractivity contribution in [2.75, 3.05) is 12.3 Å². The Morgan fingerprint density at radius 2 is 2.32 bits per heavy atom. The van der Waals surface area contributed by atoms with E-state index >= 15 is 0 Å². The molecule has 2 aromatic heterocycles. The Kier molecular flexibility index (Phi) is 3.45. The predicted molar refractivity (Wildman–Crippen MR) is 74.7 cm³/mol. The lowest BCUT2D eigenvalue weighted by atomic mass is 9.99. The molecular formula is C13H16FN5O3. The van der Waals surface area contributed by atoms with Gasteiger partial charge in [0, 0.05) is 5.92 Å². The van der Waals surface area contributed by atoms with Crippen molar-refractivity contribution in [3.05, 3.63) is 23.7 Å². The van der Waals surface area contributed by atoms with Gasteiger partial charge >= 0.3 is 0 Å². The highest BCUT2D eigenvalue weighted by atomic mass is 19.1. The van der Waals surface area contributed by atoms with Crippen LogP contribution in [0.4, 0.5) is 10.2 Å². The van der Waals surface area contributed by atoms with Crippen molar-refractivity contribution in [2.45, 2.75) is 25.3 Å². The molecule has 1 saturated heterocycles. The Morgan fingerprint density at radius 1 is 1.59 bits per heavy atom. The number of nitrogen functional groups attached to an aromatic ring is 1. The van der Waals surface area contributed by atoms with E-state index in [4.69, 9.17) is 16.2 Å². The number of primary amides is 1. The molecule has 3 rings (SSSR count). The van der Waals surface area contributed by atoms with Gasteiger partial charge in [0.25, 0.3) is 5.91 Å². The van der Waals surface area contributed by atoms with Crippen molar-refractivity contribution in [3.8, 4) is 0 Å². The van der Waals surface area contributed by atoms with E-state index in [1.54, 1.807) is 6.92 Å². The van der Waals surface area contributed by atoms with Gasteiger partial charge in [-0.2, -0.15) is 5.10 Å². The number of nitrogens with zero attached hydrogens (tertiary/aromatic N) is 3. The summed E-state index contributed by atoms with van der Waals surface area (Å²) in [6, 6.07) is 1.41. The lowest BCUT2D eigenvalue weighted by Gasteiger charge is -2.13. The first-order valence-electron chi connectivity index (χ1n) is 6.78. The fourth-order valence-corrected chi connectivity index (χ4v) is 2.79. The zero-order chi connectivity index (χ0) is 16.0. The normalized spacial score (nSPS) is 28.3. The van der Waals surface area contributed by atoms with Crippen LogP contribution in [0.5, 0.6) is 0 Å². The minimum absolute atomic E-state index is 0.0650. The van der Waals surface area contributed by atoms with Crippen LogP contribution >= 0.6 is 0 Å². The molecule has 0 radical (unpaired) electrons. The van der Waals surface area contributed by atoms with E-state index in [0.29, 0.717) is 5.69 Å². The van der Waals surface area contributed by atoms with Gasteiger partial charge in [-0.15, -0.1) is 0 Å². The minimum atomic E-state index is -1.35. The van der Waals surface area contributed by atoms with Gasteiger partial charge in [-0.3, -0.25) is 4.79 Å². The van der Waals surface area contributed by atoms with E-state index in [0.717, 1.165) is 0 Å². The summed E-state index contributed by atoms with van der Waals surface area (Å²) < 4.78 is 21.4. The maximum atomic E-state index is 14.5. The summed E-state index contributed by atoms with van der Waals surface area (Å²) >= 11 is 0. The number of aliphatic hydroxyl groups is 1. The van der Waals surface area contributed by atoms with Crippen LogP contribution in [-0.4, -0.2) is 44.5 Å². The SMILES string of the molecule is C[C@H]1[C@H](F)[C@H](c2cc(C(N)=O)c3c(N)ncnn23)O[C@@H]1CO. The van der Waals surface area contributed by atoms with Gasteiger partial charge in [0.2, 0.25) is 0 Å². The molecule has 0 unspecified atom stereocenters. The van der Waals surface area contributed by atoms with Crippen molar-refractivity contribution in [3.63, 3.8) is 0 Å². The molecule has 2 aromatic rings.